The lowest BCUT2D eigenvalue weighted by Gasteiger charge is -2.32. The molecule has 1 aliphatic heterocycles. The van der Waals surface area contributed by atoms with E-state index in [4.69, 9.17) is 14.0 Å². The van der Waals surface area contributed by atoms with Crippen molar-refractivity contribution in [1.82, 2.24) is 20.4 Å². The number of hydrogen-bond acceptors (Lipinski definition) is 8. The first-order chi connectivity index (χ1) is 15.7. The van der Waals surface area contributed by atoms with Gasteiger partial charge in [0.15, 0.2) is 0 Å². The lowest BCUT2D eigenvalue weighted by atomic mass is 9.95. The number of benzene rings is 1. The first kappa shape index (κ1) is 22.0. The van der Waals surface area contributed by atoms with Crippen LogP contribution in [0.2, 0.25) is 0 Å². The number of ether oxygens (including phenoxy) is 2. The Balaban J connectivity index is 1.44. The van der Waals surface area contributed by atoms with Gasteiger partial charge in [-0.2, -0.15) is 4.98 Å². The molecule has 3 aromatic rings. The van der Waals surface area contributed by atoms with Crippen molar-refractivity contribution in [3.8, 4) is 17.0 Å². The third kappa shape index (κ3) is 4.83. The molecular weight excluding hydrogens is 410 g/mol. The number of methoxy groups -OCH3 is 1. The molecule has 0 aliphatic carbocycles. The highest BCUT2D eigenvalue weighted by Gasteiger charge is 2.28. The first-order valence-corrected chi connectivity index (χ1v) is 11.1. The van der Waals surface area contributed by atoms with Crippen molar-refractivity contribution in [2.75, 3.05) is 44.9 Å². The summed E-state index contributed by atoms with van der Waals surface area (Å²) in [4.78, 5) is 23.5. The summed E-state index contributed by atoms with van der Waals surface area (Å²) in [6.45, 7) is 5.46. The molecule has 0 spiro atoms. The molecule has 3 heterocycles. The molecule has 9 heteroatoms. The number of aromatic nitrogens is 3. The third-order valence-corrected chi connectivity index (χ3v) is 5.75. The zero-order chi connectivity index (χ0) is 22.3. The summed E-state index contributed by atoms with van der Waals surface area (Å²) in [5, 5.41) is 8.08. The van der Waals surface area contributed by atoms with Gasteiger partial charge in [-0.05, 0) is 50.5 Å². The average Bonchev–Trinajstić information content (AvgIpc) is 3.28. The van der Waals surface area contributed by atoms with E-state index in [2.05, 4.69) is 25.3 Å². The smallest absolute Gasteiger partial charge is 0.263 e. The molecule has 0 bridgehead atoms. The number of carbonyl (C=O) groups is 1. The van der Waals surface area contributed by atoms with Crippen LogP contribution in [-0.2, 0) is 9.53 Å². The van der Waals surface area contributed by atoms with Gasteiger partial charge in [-0.25, -0.2) is 4.98 Å². The topological polar surface area (TPSA) is 103 Å². The number of piperidine rings is 1. The number of hydrogen-bond donors (Lipinski definition) is 1. The number of fused-ring (bicyclic) bond motifs is 1. The highest BCUT2D eigenvalue weighted by Crippen LogP contribution is 2.35. The van der Waals surface area contributed by atoms with Crippen LogP contribution in [0.25, 0.3) is 22.4 Å². The van der Waals surface area contributed by atoms with E-state index in [1.807, 2.05) is 31.2 Å². The summed E-state index contributed by atoms with van der Waals surface area (Å²) in [5.74, 6) is 1.70. The number of nitrogens with zero attached hydrogens (tertiary/aromatic N) is 4. The highest BCUT2D eigenvalue weighted by atomic mass is 16.5. The van der Waals surface area contributed by atoms with Gasteiger partial charge in [0.1, 0.15) is 29.0 Å². The molecule has 1 N–H and O–H groups in total. The van der Waals surface area contributed by atoms with Crippen molar-refractivity contribution in [1.29, 1.82) is 0 Å². The first-order valence-electron chi connectivity index (χ1n) is 11.1. The van der Waals surface area contributed by atoms with Crippen molar-refractivity contribution in [3.05, 3.63) is 30.6 Å². The average molecular weight is 440 g/mol. The molecule has 1 saturated heterocycles. The maximum atomic E-state index is 12.5. The van der Waals surface area contributed by atoms with Crippen LogP contribution in [0.1, 0.15) is 26.2 Å². The van der Waals surface area contributed by atoms with Crippen LogP contribution in [0.15, 0.2) is 35.1 Å². The Labute approximate surface area is 187 Å². The van der Waals surface area contributed by atoms with Crippen molar-refractivity contribution < 1.29 is 18.8 Å². The molecular formula is C23H29N5O4. The summed E-state index contributed by atoms with van der Waals surface area (Å²) < 4.78 is 16.1. The predicted molar refractivity (Wildman–Crippen MR) is 121 cm³/mol. The molecule has 9 nitrogen and oxygen atoms in total. The maximum absolute atomic E-state index is 12.5. The van der Waals surface area contributed by atoms with Crippen LogP contribution in [0, 0.1) is 5.92 Å². The second-order valence-electron chi connectivity index (χ2n) is 7.74. The van der Waals surface area contributed by atoms with Gasteiger partial charge in [0.25, 0.3) is 5.71 Å². The number of anilines is 1. The van der Waals surface area contributed by atoms with Crippen LogP contribution < -0.4 is 15.0 Å². The molecule has 0 saturated carbocycles. The molecule has 4 rings (SSSR count). The van der Waals surface area contributed by atoms with Gasteiger partial charge >= 0.3 is 0 Å². The third-order valence-electron chi connectivity index (χ3n) is 5.75. The quantitative estimate of drug-likeness (QED) is 0.508. The largest absolute Gasteiger partial charge is 0.497 e. The molecule has 1 aromatic carbocycles. The van der Waals surface area contributed by atoms with Gasteiger partial charge in [-0.3, -0.25) is 4.79 Å². The Kier molecular flexibility index (Phi) is 7.16. The SMILES string of the molecule is CCOCCCNC(=O)C1CCN(c2ncnc3onc(-c4ccc(OC)cc4)c23)CC1. The predicted octanol–water partition coefficient (Wildman–Crippen LogP) is 3.05. The minimum absolute atomic E-state index is 0.0132. The van der Waals surface area contributed by atoms with E-state index in [-0.39, 0.29) is 11.8 Å². The summed E-state index contributed by atoms with van der Waals surface area (Å²) >= 11 is 0. The standard InChI is InChI=1S/C23H29N5O4/c1-3-31-14-4-11-24-22(29)17-9-12-28(13-10-17)21-19-20(27-32-23(19)26-15-25-21)16-5-7-18(30-2)8-6-16/h5-8,15,17H,3-4,9-14H2,1-2H3,(H,24,29). The molecule has 32 heavy (non-hydrogen) atoms. The molecule has 2 aromatic heterocycles. The van der Waals surface area contributed by atoms with Gasteiger partial charge in [-0.15, -0.1) is 0 Å². The van der Waals surface area contributed by atoms with Crippen molar-refractivity contribution in [2.24, 2.45) is 5.92 Å². The van der Waals surface area contributed by atoms with Crippen molar-refractivity contribution >= 4 is 22.8 Å². The monoisotopic (exact) mass is 439 g/mol. The van der Waals surface area contributed by atoms with Crippen LogP contribution in [-0.4, -0.2) is 61.0 Å². The molecule has 1 amide bonds. The summed E-state index contributed by atoms with van der Waals surface area (Å²) in [6, 6.07) is 7.65. The molecule has 1 fully saturated rings. The zero-order valence-electron chi connectivity index (χ0n) is 18.5. The van der Waals surface area contributed by atoms with E-state index in [0.29, 0.717) is 31.2 Å². The molecule has 0 radical (unpaired) electrons. The van der Waals surface area contributed by atoms with Gasteiger partial charge in [0.05, 0.1) is 7.11 Å². The second kappa shape index (κ2) is 10.4. The Morgan fingerprint density at radius 3 is 2.72 bits per heavy atom. The van der Waals surface area contributed by atoms with Gasteiger partial charge in [-0.1, -0.05) is 5.16 Å². The van der Waals surface area contributed by atoms with E-state index < -0.39 is 0 Å². The zero-order valence-corrected chi connectivity index (χ0v) is 18.5. The van der Waals surface area contributed by atoms with E-state index in [1.165, 1.54) is 6.33 Å². The minimum Gasteiger partial charge on any atom is -0.497 e. The van der Waals surface area contributed by atoms with Crippen molar-refractivity contribution in [3.63, 3.8) is 0 Å². The second-order valence-corrected chi connectivity index (χ2v) is 7.74. The van der Waals surface area contributed by atoms with Gasteiger partial charge in [0, 0.05) is 44.3 Å². The van der Waals surface area contributed by atoms with Gasteiger partial charge < -0.3 is 24.2 Å². The Hall–Kier alpha value is -3.20. The van der Waals surface area contributed by atoms with Gasteiger partial charge in [0.2, 0.25) is 5.91 Å². The fourth-order valence-corrected chi connectivity index (χ4v) is 3.99. The minimum atomic E-state index is 0.0132. The fourth-order valence-electron chi connectivity index (χ4n) is 3.99. The van der Waals surface area contributed by atoms with E-state index in [9.17, 15) is 4.79 Å². The lowest BCUT2D eigenvalue weighted by Crippen LogP contribution is -2.41. The molecule has 0 unspecified atom stereocenters. The molecule has 1 aliphatic rings. The van der Waals surface area contributed by atoms with E-state index in [0.717, 1.165) is 54.9 Å². The van der Waals surface area contributed by atoms with Crippen LogP contribution >= 0.6 is 0 Å². The number of nitrogens with one attached hydrogen (secondary N) is 1. The molecule has 170 valence electrons. The number of carbonyl (C=O) groups excluding carboxylic acids is 1. The fraction of sp³-hybridized carbons (Fsp3) is 0.478. The van der Waals surface area contributed by atoms with Crippen LogP contribution in [0.4, 0.5) is 5.82 Å². The Morgan fingerprint density at radius 2 is 2.00 bits per heavy atom. The highest BCUT2D eigenvalue weighted by molar-refractivity contribution is 5.98. The summed E-state index contributed by atoms with van der Waals surface area (Å²) in [6.07, 6.45) is 3.87. The van der Waals surface area contributed by atoms with Crippen molar-refractivity contribution in [2.45, 2.75) is 26.2 Å². The van der Waals surface area contributed by atoms with E-state index in [1.54, 1.807) is 7.11 Å². The van der Waals surface area contributed by atoms with Crippen LogP contribution in [0.3, 0.4) is 0 Å². The number of rotatable bonds is 9. The lowest BCUT2D eigenvalue weighted by molar-refractivity contribution is -0.125. The van der Waals surface area contributed by atoms with E-state index >= 15 is 0 Å². The summed E-state index contributed by atoms with van der Waals surface area (Å²) in [7, 11) is 1.64. The van der Waals surface area contributed by atoms with Crippen LogP contribution in [0.5, 0.6) is 5.75 Å². The maximum Gasteiger partial charge on any atom is 0.263 e. The Morgan fingerprint density at radius 1 is 1.22 bits per heavy atom. The Bertz CT molecular complexity index is 1030. The summed E-state index contributed by atoms with van der Waals surface area (Å²) in [5.41, 5.74) is 2.06. The number of amides is 1. The molecule has 0 atom stereocenters. The normalized spacial score (nSPS) is 14.6.